The molecule has 2 nitrogen and oxygen atoms in total. The summed E-state index contributed by atoms with van der Waals surface area (Å²) in [6.45, 7) is 5.65. The van der Waals surface area contributed by atoms with Gasteiger partial charge in [-0.05, 0) is 31.0 Å². The Bertz CT molecular complexity index is 604. The lowest BCUT2D eigenvalue weighted by Gasteiger charge is -2.26. The molecule has 1 aliphatic rings. The van der Waals surface area contributed by atoms with E-state index in [9.17, 15) is 0 Å². The molecule has 2 aromatic rings. The molecule has 0 aliphatic carbocycles. The molecule has 0 saturated heterocycles. The highest BCUT2D eigenvalue weighted by molar-refractivity contribution is 5.36. The normalized spacial score (nSPS) is 17.4. The predicted molar refractivity (Wildman–Crippen MR) is 80.0 cm³/mol. The van der Waals surface area contributed by atoms with Crippen LogP contribution in [0.2, 0.25) is 0 Å². The Morgan fingerprint density at radius 1 is 1.15 bits per heavy atom. The molecule has 1 unspecified atom stereocenters. The van der Waals surface area contributed by atoms with Crippen molar-refractivity contribution >= 4 is 0 Å². The molecule has 2 heteroatoms. The minimum absolute atomic E-state index is 0.139. The SMILES string of the molecule is Cc1ccc(COC2CCOc3ccccc32)c(C)c1. The first-order chi connectivity index (χ1) is 9.74. The first-order valence-corrected chi connectivity index (χ1v) is 7.13. The molecule has 104 valence electrons. The summed E-state index contributed by atoms with van der Waals surface area (Å²) in [5.74, 6) is 0.962. The van der Waals surface area contributed by atoms with Crippen molar-refractivity contribution in [3.8, 4) is 5.75 Å². The van der Waals surface area contributed by atoms with Crippen molar-refractivity contribution in [1.82, 2.24) is 0 Å². The summed E-state index contributed by atoms with van der Waals surface area (Å²) in [5, 5.41) is 0. The number of para-hydroxylation sites is 1. The second-order valence-electron chi connectivity index (χ2n) is 5.40. The Balaban J connectivity index is 1.73. The first-order valence-electron chi connectivity index (χ1n) is 7.13. The Kier molecular flexibility index (Phi) is 3.75. The monoisotopic (exact) mass is 268 g/mol. The molecule has 0 aromatic heterocycles. The smallest absolute Gasteiger partial charge is 0.125 e. The Labute approximate surface area is 120 Å². The molecule has 1 atom stereocenters. The van der Waals surface area contributed by atoms with Gasteiger partial charge in [-0.1, -0.05) is 42.0 Å². The molecular formula is C18H20O2. The molecule has 0 bridgehead atoms. The minimum Gasteiger partial charge on any atom is -0.493 e. The average molecular weight is 268 g/mol. The van der Waals surface area contributed by atoms with E-state index in [4.69, 9.17) is 9.47 Å². The summed E-state index contributed by atoms with van der Waals surface area (Å²) in [5.41, 5.74) is 5.02. The van der Waals surface area contributed by atoms with E-state index in [1.807, 2.05) is 18.2 Å². The second-order valence-corrected chi connectivity index (χ2v) is 5.40. The third-order valence-electron chi connectivity index (χ3n) is 3.84. The van der Waals surface area contributed by atoms with Crippen molar-refractivity contribution in [2.45, 2.75) is 33.0 Å². The zero-order chi connectivity index (χ0) is 13.9. The van der Waals surface area contributed by atoms with Crippen molar-refractivity contribution in [3.05, 3.63) is 64.7 Å². The fourth-order valence-corrected chi connectivity index (χ4v) is 2.68. The summed E-state index contributed by atoms with van der Waals surface area (Å²) >= 11 is 0. The standard InChI is InChI=1S/C18H20O2/c1-13-7-8-15(14(2)11-13)12-20-18-9-10-19-17-6-4-3-5-16(17)18/h3-8,11,18H,9-10,12H2,1-2H3. The maximum atomic E-state index is 6.14. The van der Waals surface area contributed by atoms with E-state index >= 15 is 0 Å². The molecule has 0 spiro atoms. The minimum atomic E-state index is 0.139. The van der Waals surface area contributed by atoms with Crippen LogP contribution in [-0.2, 0) is 11.3 Å². The Hall–Kier alpha value is -1.80. The molecule has 0 fully saturated rings. The third-order valence-corrected chi connectivity index (χ3v) is 3.84. The molecule has 1 aliphatic heterocycles. The van der Waals surface area contributed by atoms with Gasteiger partial charge >= 0.3 is 0 Å². The highest BCUT2D eigenvalue weighted by atomic mass is 16.5. The zero-order valence-electron chi connectivity index (χ0n) is 12.1. The highest BCUT2D eigenvalue weighted by Gasteiger charge is 2.21. The Morgan fingerprint density at radius 3 is 2.85 bits per heavy atom. The molecule has 3 rings (SSSR count). The summed E-state index contributed by atoms with van der Waals surface area (Å²) in [6, 6.07) is 14.7. The van der Waals surface area contributed by atoms with Gasteiger partial charge in [-0.3, -0.25) is 0 Å². The molecule has 0 amide bonds. The predicted octanol–water partition coefficient (Wildman–Crippen LogP) is 4.34. The topological polar surface area (TPSA) is 18.5 Å². The maximum Gasteiger partial charge on any atom is 0.125 e. The molecule has 0 saturated carbocycles. The summed E-state index contributed by atoms with van der Waals surface area (Å²) in [4.78, 5) is 0. The second kappa shape index (κ2) is 5.68. The van der Waals surface area contributed by atoms with Gasteiger partial charge in [0.15, 0.2) is 0 Å². The van der Waals surface area contributed by atoms with E-state index in [2.05, 4.69) is 38.1 Å². The molecule has 1 heterocycles. The fraction of sp³-hybridized carbons (Fsp3) is 0.333. The molecule has 2 aromatic carbocycles. The van der Waals surface area contributed by atoms with Gasteiger partial charge < -0.3 is 9.47 Å². The summed E-state index contributed by atoms with van der Waals surface area (Å²) in [6.07, 6.45) is 1.06. The Morgan fingerprint density at radius 2 is 2.00 bits per heavy atom. The van der Waals surface area contributed by atoms with Gasteiger partial charge in [-0.2, -0.15) is 0 Å². The van der Waals surface area contributed by atoms with E-state index in [0.29, 0.717) is 6.61 Å². The van der Waals surface area contributed by atoms with Crippen LogP contribution in [0.5, 0.6) is 5.75 Å². The number of rotatable bonds is 3. The van der Waals surface area contributed by atoms with Crippen LogP contribution in [-0.4, -0.2) is 6.61 Å². The fourth-order valence-electron chi connectivity index (χ4n) is 2.68. The van der Waals surface area contributed by atoms with Crippen LogP contribution >= 0.6 is 0 Å². The van der Waals surface area contributed by atoms with Crippen LogP contribution in [0.25, 0.3) is 0 Å². The number of hydrogen-bond acceptors (Lipinski definition) is 2. The third kappa shape index (κ3) is 2.70. The van der Waals surface area contributed by atoms with Crippen LogP contribution in [0.1, 0.15) is 34.8 Å². The van der Waals surface area contributed by atoms with Gasteiger partial charge in [0.1, 0.15) is 5.75 Å². The maximum absolute atomic E-state index is 6.14. The lowest BCUT2D eigenvalue weighted by molar-refractivity contribution is 0.0125. The molecule has 20 heavy (non-hydrogen) atoms. The van der Waals surface area contributed by atoms with Gasteiger partial charge in [-0.25, -0.2) is 0 Å². The van der Waals surface area contributed by atoms with Gasteiger partial charge in [0.25, 0.3) is 0 Å². The number of fused-ring (bicyclic) bond motifs is 1. The van der Waals surface area contributed by atoms with Crippen LogP contribution in [0.3, 0.4) is 0 Å². The number of benzene rings is 2. The van der Waals surface area contributed by atoms with Crippen molar-refractivity contribution in [2.75, 3.05) is 6.61 Å². The van der Waals surface area contributed by atoms with Gasteiger partial charge in [-0.15, -0.1) is 0 Å². The van der Waals surface area contributed by atoms with Crippen molar-refractivity contribution in [3.63, 3.8) is 0 Å². The van der Waals surface area contributed by atoms with E-state index in [1.165, 1.54) is 22.3 Å². The van der Waals surface area contributed by atoms with E-state index in [1.54, 1.807) is 0 Å². The van der Waals surface area contributed by atoms with Crippen LogP contribution < -0.4 is 4.74 Å². The van der Waals surface area contributed by atoms with Gasteiger partial charge in [0.2, 0.25) is 0 Å². The number of aryl methyl sites for hydroxylation is 2. The molecular weight excluding hydrogens is 248 g/mol. The lowest BCUT2D eigenvalue weighted by Crippen LogP contribution is -2.16. The van der Waals surface area contributed by atoms with Gasteiger partial charge in [0, 0.05) is 12.0 Å². The highest BCUT2D eigenvalue weighted by Crippen LogP contribution is 2.34. The largest absolute Gasteiger partial charge is 0.493 e. The van der Waals surface area contributed by atoms with E-state index in [0.717, 1.165) is 18.8 Å². The zero-order valence-corrected chi connectivity index (χ0v) is 12.1. The van der Waals surface area contributed by atoms with Gasteiger partial charge in [0.05, 0.1) is 19.3 Å². The van der Waals surface area contributed by atoms with E-state index in [-0.39, 0.29) is 6.10 Å². The van der Waals surface area contributed by atoms with Crippen LogP contribution in [0.4, 0.5) is 0 Å². The quantitative estimate of drug-likeness (QED) is 0.824. The average Bonchev–Trinajstić information content (AvgIpc) is 2.46. The van der Waals surface area contributed by atoms with Crippen LogP contribution in [0.15, 0.2) is 42.5 Å². The van der Waals surface area contributed by atoms with E-state index < -0.39 is 0 Å². The molecule has 0 N–H and O–H groups in total. The summed E-state index contributed by atoms with van der Waals surface area (Å²) in [7, 11) is 0. The van der Waals surface area contributed by atoms with Crippen molar-refractivity contribution in [1.29, 1.82) is 0 Å². The number of hydrogen-bond donors (Lipinski definition) is 0. The van der Waals surface area contributed by atoms with Crippen LogP contribution in [0, 0.1) is 13.8 Å². The number of ether oxygens (including phenoxy) is 2. The summed E-state index contributed by atoms with van der Waals surface area (Å²) < 4.78 is 11.8. The first kappa shape index (κ1) is 13.2. The van der Waals surface area contributed by atoms with Crippen molar-refractivity contribution in [2.24, 2.45) is 0 Å². The lowest BCUT2D eigenvalue weighted by atomic mass is 10.0. The molecule has 0 radical (unpaired) electrons. The van der Waals surface area contributed by atoms with Crippen molar-refractivity contribution < 1.29 is 9.47 Å².